The number of nitrogens with zero attached hydrogens (tertiary/aromatic N) is 3. The highest BCUT2D eigenvalue weighted by molar-refractivity contribution is 7.13. The van der Waals surface area contributed by atoms with E-state index in [-0.39, 0.29) is 19.4 Å². The number of carboxylic acid groups (broad SMARTS) is 1. The first kappa shape index (κ1) is 30.1. The number of aliphatic hydroxyl groups excluding tert-OH is 1. The van der Waals surface area contributed by atoms with Crippen molar-refractivity contribution in [2.24, 2.45) is 5.41 Å². The number of carbonyl (C=O) groups excluding carboxylic acids is 3. The quantitative estimate of drug-likeness (QED) is 0.332. The number of benzene rings is 1. The maximum absolute atomic E-state index is 13.8. The number of β-amino-alcohol motifs (C(OH)–C–C–N with tert-alkyl or cyclic N) is 1. The second-order valence-corrected chi connectivity index (χ2v) is 12.7. The van der Waals surface area contributed by atoms with Crippen LogP contribution in [0.5, 0.6) is 0 Å². The molecule has 4 atom stereocenters. The fourth-order valence-corrected chi connectivity index (χ4v) is 5.85. The number of aromatic nitrogens is 1. The number of nitrogens with one attached hydrogen (secondary N) is 2. The second-order valence-electron chi connectivity index (χ2n) is 11.9. The number of rotatable bonds is 9. The number of aliphatic carboxylic acids is 1. The summed E-state index contributed by atoms with van der Waals surface area (Å²) < 4.78 is 0. The van der Waals surface area contributed by atoms with Crippen molar-refractivity contribution in [1.82, 2.24) is 20.5 Å². The Balaban J connectivity index is 1.53. The summed E-state index contributed by atoms with van der Waals surface area (Å²) in [6.07, 6.45) is -0.526. The van der Waals surface area contributed by atoms with Crippen LogP contribution in [0.1, 0.15) is 63.8 Å². The lowest BCUT2D eigenvalue weighted by atomic mass is 9.85. The Morgan fingerprint density at radius 3 is 2.37 bits per heavy atom. The summed E-state index contributed by atoms with van der Waals surface area (Å²) in [6.45, 7) is 14.5. The Morgan fingerprint density at radius 1 is 1.20 bits per heavy atom. The van der Waals surface area contributed by atoms with Crippen molar-refractivity contribution in [3.63, 3.8) is 0 Å². The Bertz CT molecular complexity index is 1370. The summed E-state index contributed by atoms with van der Waals surface area (Å²) >= 11 is 1.49. The van der Waals surface area contributed by atoms with Crippen molar-refractivity contribution < 1.29 is 29.4 Å². The average molecular weight is 582 g/mol. The summed E-state index contributed by atoms with van der Waals surface area (Å²) in [7, 11) is 0. The monoisotopic (exact) mass is 581 g/mol. The number of hydrogen-bond acceptors (Lipinski definition) is 7. The van der Waals surface area contributed by atoms with Gasteiger partial charge in [-0.2, -0.15) is 0 Å². The van der Waals surface area contributed by atoms with Crippen LogP contribution in [0.4, 0.5) is 0 Å². The minimum Gasteiger partial charge on any atom is -0.481 e. The Hall–Kier alpha value is -3.82. The maximum atomic E-state index is 13.8. The van der Waals surface area contributed by atoms with Crippen LogP contribution in [0.3, 0.4) is 0 Å². The van der Waals surface area contributed by atoms with E-state index in [0.29, 0.717) is 18.4 Å². The lowest BCUT2D eigenvalue weighted by molar-refractivity contribution is -0.144. The van der Waals surface area contributed by atoms with Gasteiger partial charge in [0, 0.05) is 25.8 Å². The van der Waals surface area contributed by atoms with E-state index in [4.69, 9.17) is 6.57 Å². The van der Waals surface area contributed by atoms with E-state index in [1.165, 1.54) is 16.2 Å². The van der Waals surface area contributed by atoms with Gasteiger partial charge in [-0.15, -0.1) is 11.3 Å². The second kappa shape index (κ2) is 11.6. The number of amides is 3. The zero-order valence-corrected chi connectivity index (χ0v) is 24.3. The van der Waals surface area contributed by atoms with Crippen LogP contribution in [-0.2, 0) is 19.2 Å². The van der Waals surface area contributed by atoms with Gasteiger partial charge >= 0.3 is 17.4 Å². The molecule has 218 valence electrons. The van der Waals surface area contributed by atoms with Crippen molar-refractivity contribution in [2.45, 2.75) is 83.1 Å². The third kappa shape index (κ3) is 6.57. The van der Waals surface area contributed by atoms with E-state index in [1.807, 2.05) is 19.1 Å². The van der Waals surface area contributed by atoms with Gasteiger partial charge in [0.25, 0.3) is 0 Å². The summed E-state index contributed by atoms with van der Waals surface area (Å²) in [4.78, 5) is 61.8. The van der Waals surface area contributed by atoms with Gasteiger partial charge in [0.05, 0.1) is 34.6 Å². The summed E-state index contributed by atoms with van der Waals surface area (Å²) in [5.74, 6) is -2.76. The smallest absolute Gasteiger partial charge is 0.309 e. The number of aliphatic hydroxyl groups is 1. The Kier molecular flexibility index (Phi) is 8.52. The third-order valence-corrected chi connectivity index (χ3v) is 8.61. The van der Waals surface area contributed by atoms with Crippen LogP contribution in [0.25, 0.3) is 15.3 Å². The molecule has 1 aliphatic heterocycles. The third-order valence-electron chi connectivity index (χ3n) is 7.63. The Morgan fingerprint density at radius 2 is 1.85 bits per heavy atom. The van der Waals surface area contributed by atoms with Crippen LogP contribution >= 0.6 is 11.3 Å². The molecule has 2 aromatic rings. The number of thiazole rings is 1. The van der Waals surface area contributed by atoms with Crippen LogP contribution in [-0.4, -0.2) is 74.1 Å². The zero-order valence-electron chi connectivity index (χ0n) is 23.5. The van der Waals surface area contributed by atoms with E-state index in [1.54, 1.807) is 38.4 Å². The van der Waals surface area contributed by atoms with Gasteiger partial charge in [-0.1, -0.05) is 45.0 Å². The van der Waals surface area contributed by atoms with E-state index in [9.17, 15) is 29.4 Å². The molecule has 1 saturated carbocycles. The molecule has 4 rings (SSSR count). The normalized spacial score (nSPS) is 20.9. The lowest BCUT2D eigenvalue weighted by Crippen LogP contribution is -2.59. The first-order valence-corrected chi connectivity index (χ1v) is 14.3. The summed E-state index contributed by atoms with van der Waals surface area (Å²) in [5.41, 5.74) is 2.24. The fraction of sp³-hybridized carbons (Fsp3) is 0.517. The minimum atomic E-state index is -1.15. The number of carbonyl (C=O) groups is 4. The molecule has 0 bridgehead atoms. The predicted molar refractivity (Wildman–Crippen MR) is 152 cm³/mol. The largest absolute Gasteiger partial charge is 0.481 e. The molecule has 4 N–H and O–H groups in total. The number of likely N-dealkylation sites (tertiary alicyclic amines) is 1. The van der Waals surface area contributed by atoms with Crippen molar-refractivity contribution in [3.8, 4) is 10.4 Å². The predicted octanol–water partition coefficient (Wildman–Crippen LogP) is 2.70. The van der Waals surface area contributed by atoms with Crippen molar-refractivity contribution in [3.05, 3.63) is 52.5 Å². The summed E-state index contributed by atoms with van der Waals surface area (Å²) in [5, 5.41) is 25.5. The van der Waals surface area contributed by atoms with Gasteiger partial charge in [-0.05, 0) is 23.5 Å². The average Bonchev–Trinajstić information content (AvgIpc) is 3.44. The lowest BCUT2D eigenvalue weighted by Gasteiger charge is -2.35. The summed E-state index contributed by atoms with van der Waals surface area (Å²) in [6, 6.07) is 4.22. The van der Waals surface area contributed by atoms with E-state index in [2.05, 4.69) is 20.5 Å². The molecule has 3 amide bonds. The molecule has 41 heavy (non-hydrogen) atoms. The molecule has 1 aliphatic carbocycles. The van der Waals surface area contributed by atoms with Crippen molar-refractivity contribution in [2.75, 3.05) is 6.54 Å². The topological polar surface area (TPSA) is 153 Å². The molecule has 1 aromatic carbocycles. The molecular formula is C29H35N5O6S. The number of carboxylic acids is 1. The minimum absolute atomic E-state index is 0.0300. The highest BCUT2D eigenvalue weighted by Gasteiger charge is 2.59. The fourth-order valence-electron chi connectivity index (χ4n) is 5.03. The van der Waals surface area contributed by atoms with E-state index < -0.39 is 58.9 Å². The number of hydrogen-bond donors (Lipinski definition) is 4. The molecule has 0 spiro atoms. The van der Waals surface area contributed by atoms with Gasteiger partial charge in [-0.3, -0.25) is 24.0 Å². The zero-order chi connectivity index (χ0) is 30.1. The molecule has 1 saturated heterocycles. The highest BCUT2D eigenvalue weighted by atomic mass is 32.1. The standard InChI is InChI=1S/C29H35N5O6S/c1-16-23(41-15-31-16)18-8-6-17(7-9-18)20(13-22(36)37)32-25(38)21-12-19(35)14-34(21)26(39)24(28(2,3)4)33-27(40)29(30-5)10-11-29/h6-9,15,19-21,24,35H,10-14H2,1-4H3,(H,32,38)(H,33,40)(H,36,37)/t19-,20+,21+,24-/m1/s1. The van der Waals surface area contributed by atoms with Gasteiger partial charge < -0.3 is 25.7 Å². The molecule has 2 heterocycles. The first-order chi connectivity index (χ1) is 19.3. The molecule has 0 radical (unpaired) electrons. The van der Waals surface area contributed by atoms with Crippen LogP contribution in [0, 0.1) is 18.9 Å². The van der Waals surface area contributed by atoms with Crippen LogP contribution in [0.15, 0.2) is 29.8 Å². The molecule has 2 aliphatic rings. The van der Waals surface area contributed by atoms with Crippen LogP contribution in [0.2, 0.25) is 0 Å². The van der Waals surface area contributed by atoms with Gasteiger partial charge in [-0.25, -0.2) is 11.6 Å². The van der Waals surface area contributed by atoms with Crippen molar-refractivity contribution in [1.29, 1.82) is 0 Å². The van der Waals surface area contributed by atoms with E-state index in [0.717, 1.165) is 16.1 Å². The molecule has 12 heteroatoms. The molecule has 2 fully saturated rings. The molecule has 0 unspecified atom stereocenters. The SMILES string of the molecule is [C-]#[N+]C1(C(=O)N[C@H](C(=O)N2C[C@H](O)C[C@H]2C(=O)N[C@@H](CC(=O)O)c2ccc(-c3scnc3C)cc2)C(C)(C)C)CC1. The van der Waals surface area contributed by atoms with Gasteiger partial charge in [0.15, 0.2) is 0 Å². The first-order valence-electron chi connectivity index (χ1n) is 13.5. The molecule has 11 nitrogen and oxygen atoms in total. The Labute approximate surface area is 242 Å². The van der Waals surface area contributed by atoms with Crippen molar-refractivity contribution >= 4 is 35.0 Å². The van der Waals surface area contributed by atoms with Gasteiger partial charge in [0.2, 0.25) is 11.8 Å². The van der Waals surface area contributed by atoms with Gasteiger partial charge in [0.1, 0.15) is 12.1 Å². The van der Waals surface area contributed by atoms with Crippen LogP contribution < -0.4 is 10.6 Å². The highest BCUT2D eigenvalue weighted by Crippen LogP contribution is 2.40. The molecular weight excluding hydrogens is 546 g/mol. The maximum Gasteiger partial charge on any atom is 0.309 e. The molecule has 1 aromatic heterocycles. The van der Waals surface area contributed by atoms with E-state index >= 15 is 0 Å². The number of aryl methyl sites for hydroxylation is 1.